The number of H-pyrrole nitrogens is 1. The molecule has 0 unspecified atom stereocenters. The van der Waals surface area contributed by atoms with Crippen molar-refractivity contribution in [1.82, 2.24) is 10.4 Å². The summed E-state index contributed by atoms with van der Waals surface area (Å²) in [5.74, 6) is -0.540. The molecule has 0 spiro atoms. The molecule has 3 rings (SSSR count). The van der Waals surface area contributed by atoms with Gasteiger partial charge in [-0.05, 0) is 24.6 Å². The molecule has 0 saturated carbocycles. The van der Waals surface area contributed by atoms with Gasteiger partial charge in [-0.1, -0.05) is 42.0 Å². The van der Waals surface area contributed by atoms with Crippen molar-refractivity contribution in [3.8, 4) is 0 Å². The van der Waals surface area contributed by atoms with Crippen LogP contribution in [0, 0.1) is 6.92 Å². The quantitative estimate of drug-likeness (QED) is 0.576. The standard InChI is InChI=1S/C18H15N3O2/c1-12-7-8-16-14(9-12)17(22)15(11-19-16)18(23)21-20-10-13-5-3-2-4-6-13/h2-11H,1H3,(H,19,22)(H,21,23)/b20-10+. The summed E-state index contributed by atoms with van der Waals surface area (Å²) in [6.45, 7) is 1.90. The zero-order valence-electron chi connectivity index (χ0n) is 12.5. The summed E-state index contributed by atoms with van der Waals surface area (Å²) in [5.41, 5.74) is 4.62. The maximum atomic E-state index is 12.4. The second-order valence-corrected chi connectivity index (χ2v) is 5.19. The minimum Gasteiger partial charge on any atom is -0.360 e. The summed E-state index contributed by atoms with van der Waals surface area (Å²) in [7, 11) is 0. The Labute approximate surface area is 132 Å². The number of hydrazone groups is 1. The van der Waals surface area contributed by atoms with Crippen LogP contribution in [0.2, 0.25) is 0 Å². The number of rotatable bonds is 3. The van der Waals surface area contributed by atoms with Crippen LogP contribution in [0.4, 0.5) is 0 Å². The van der Waals surface area contributed by atoms with Crippen LogP contribution in [0.3, 0.4) is 0 Å². The van der Waals surface area contributed by atoms with Crippen LogP contribution in [-0.4, -0.2) is 17.1 Å². The van der Waals surface area contributed by atoms with Gasteiger partial charge in [0, 0.05) is 17.1 Å². The van der Waals surface area contributed by atoms with Gasteiger partial charge in [0.05, 0.1) is 6.21 Å². The van der Waals surface area contributed by atoms with E-state index in [4.69, 9.17) is 0 Å². The smallest absolute Gasteiger partial charge is 0.276 e. The summed E-state index contributed by atoms with van der Waals surface area (Å²) in [6.07, 6.45) is 2.94. The van der Waals surface area contributed by atoms with Crippen molar-refractivity contribution >= 4 is 23.0 Å². The predicted octanol–water partition coefficient (Wildman–Crippen LogP) is 2.60. The van der Waals surface area contributed by atoms with Crippen LogP contribution in [0.5, 0.6) is 0 Å². The minimum absolute atomic E-state index is 0.0355. The highest BCUT2D eigenvalue weighted by Crippen LogP contribution is 2.10. The fourth-order valence-corrected chi connectivity index (χ4v) is 2.27. The van der Waals surface area contributed by atoms with Gasteiger partial charge in [0.15, 0.2) is 0 Å². The van der Waals surface area contributed by atoms with E-state index in [9.17, 15) is 9.59 Å². The first-order chi connectivity index (χ1) is 11.1. The van der Waals surface area contributed by atoms with Crippen molar-refractivity contribution in [3.05, 3.63) is 81.6 Å². The predicted molar refractivity (Wildman–Crippen MR) is 90.8 cm³/mol. The second kappa shape index (κ2) is 6.27. The summed E-state index contributed by atoms with van der Waals surface area (Å²) in [6, 6.07) is 14.9. The number of carbonyl (C=O) groups excluding carboxylic acids is 1. The van der Waals surface area contributed by atoms with Gasteiger partial charge < -0.3 is 4.98 Å². The van der Waals surface area contributed by atoms with Crippen molar-refractivity contribution in [2.45, 2.75) is 6.92 Å². The van der Waals surface area contributed by atoms with Crippen LogP contribution < -0.4 is 10.9 Å². The normalized spacial score (nSPS) is 11.0. The van der Waals surface area contributed by atoms with Gasteiger partial charge in [0.2, 0.25) is 5.43 Å². The molecule has 114 valence electrons. The minimum atomic E-state index is -0.540. The number of aromatic amines is 1. The Bertz CT molecular complexity index is 943. The van der Waals surface area contributed by atoms with E-state index in [0.717, 1.165) is 11.1 Å². The average Bonchev–Trinajstić information content (AvgIpc) is 2.56. The lowest BCUT2D eigenvalue weighted by atomic mass is 10.1. The third-order valence-electron chi connectivity index (χ3n) is 3.46. The van der Waals surface area contributed by atoms with Gasteiger partial charge in [-0.2, -0.15) is 5.10 Å². The number of aromatic nitrogens is 1. The summed E-state index contributed by atoms with van der Waals surface area (Å²) < 4.78 is 0. The molecule has 0 bridgehead atoms. The Morgan fingerprint density at radius 2 is 1.96 bits per heavy atom. The number of carbonyl (C=O) groups is 1. The average molecular weight is 305 g/mol. The van der Waals surface area contributed by atoms with Crippen LogP contribution in [0.25, 0.3) is 10.9 Å². The molecule has 0 fully saturated rings. The fraction of sp³-hybridized carbons (Fsp3) is 0.0556. The molecular formula is C18H15N3O2. The topological polar surface area (TPSA) is 74.3 Å². The molecule has 0 atom stereocenters. The van der Waals surface area contributed by atoms with E-state index < -0.39 is 5.91 Å². The molecule has 2 N–H and O–H groups in total. The maximum absolute atomic E-state index is 12.4. The summed E-state index contributed by atoms with van der Waals surface area (Å²) in [4.78, 5) is 27.5. The second-order valence-electron chi connectivity index (χ2n) is 5.19. The SMILES string of the molecule is Cc1ccc2[nH]cc(C(=O)N/N=C/c3ccccc3)c(=O)c2c1. The highest BCUT2D eigenvalue weighted by molar-refractivity contribution is 5.97. The van der Waals surface area contributed by atoms with E-state index in [2.05, 4.69) is 15.5 Å². The molecule has 3 aromatic rings. The third kappa shape index (κ3) is 3.18. The monoisotopic (exact) mass is 305 g/mol. The molecule has 1 aromatic heterocycles. The first kappa shape index (κ1) is 14.7. The van der Waals surface area contributed by atoms with E-state index in [1.807, 2.05) is 49.4 Å². The van der Waals surface area contributed by atoms with E-state index in [0.29, 0.717) is 10.9 Å². The first-order valence-electron chi connectivity index (χ1n) is 7.15. The molecule has 0 aliphatic carbocycles. The Kier molecular flexibility index (Phi) is 4.01. The number of hydrogen-bond donors (Lipinski definition) is 2. The molecule has 1 heterocycles. The summed E-state index contributed by atoms with van der Waals surface area (Å²) in [5, 5.41) is 4.37. The fourth-order valence-electron chi connectivity index (χ4n) is 2.27. The first-order valence-corrected chi connectivity index (χ1v) is 7.15. The third-order valence-corrected chi connectivity index (χ3v) is 3.46. The van der Waals surface area contributed by atoms with Crippen molar-refractivity contribution in [2.24, 2.45) is 5.10 Å². The lowest BCUT2D eigenvalue weighted by Crippen LogP contribution is -2.25. The van der Waals surface area contributed by atoms with Gasteiger partial charge in [0.25, 0.3) is 5.91 Å². The molecular weight excluding hydrogens is 290 g/mol. The van der Waals surface area contributed by atoms with Crippen molar-refractivity contribution in [3.63, 3.8) is 0 Å². The van der Waals surface area contributed by atoms with Crippen molar-refractivity contribution in [1.29, 1.82) is 0 Å². The van der Waals surface area contributed by atoms with Gasteiger partial charge in [-0.3, -0.25) is 9.59 Å². The number of aryl methyl sites for hydroxylation is 1. The number of benzene rings is 2. The molecule has 5 heteroatoms. The van der Waals surface area contributed by atoms with Crippen LogP contribution in [0.1, 0.15) is 21.5 Å². The molecule has 0 radical (unpaired) electrons. The Morgan fingerprint density at radius 1 is 1.17 bits per heavy atom. The van der Waals surface area contributed by atoms with Gasteiger partial charge in [-0.25, -0.2) is 5.43 Å². The largest absolute Gasteiger partial charge is 0.360 e. The molecule has 1 amide bonds. The Balaban J connectivity index is 1.85. The zero-order chi connectivity index (χ0) is 16.2. The molecule has 0 aliphatic rings. The van der Waals surface area contributed by atoms with Crippen molar-refractivity contribution < 1.29 is 4.79 Å². The zero-order valence-corrected chi connectivity index (χ0v) is 12.5. The number of nitrogens with zero attached hydrogens (tertiary/aromatic N) is 1. The number of fused-ring (bicyclic) bond motifs is 1. The lowest BCUT2D eigenvalue weighted by Gasteiger charge is -2.03. The van der Waals surface area contributed by atoms with Crippen LogP contribution >= 0.6 is 0 Å². The summed E-state index contributed by atoms with van der Waals surface area (Å²) >= 11 is 0. The van der Waals surface area contributed by atoms with Gasteiger partial charge in [0.1, 0.15) is 5.56 Å². The van der Waals surface area contributed by atoms with Gasteiger partial charge >= 0.3 is 0 Å². The number of nitrogens with one attached hydrogen (secondary N) is 2. The van der Waals surface area contributed by atoms with E-state index in [-0.39, 0.29) is 11.0 Å². The van der Waals surface area contributed by atoms with E-state index in [1.54, 1.807) is 6.07 Å². The van der Waals surface area contributed by atoms with Gasteiger partial charge in [-0.15, -0.1) is 0 Å². The Morgan fingerprint density at radius 3 is 2.74 bits per heavy atom. The highest BCUT2D eigenvalue weighted by Gasteiger charge is 2.12. The van der Waals surface area contributed by atoms with E-state index in [1.165, 1.54) is 12.4 Å². The van der Waals surface area contributed by atoms with Crippen LogP contribution in [-0.2, 0) is 0 Å². The number of amides is 1. The number of hydrogen-bond acceptors (Lipinski definition) is 3. The molecule has 2 aromatic carbocycles. The maximum Gasteiger partial charge on any atom is 0.276 e. The lowest BCUT2D eigenvalue weighted by molar-refractivity contribution is 0.0954. The van der Waals surface area contributed by atoms with E-state index >= 15 is 0 Å². The molecule has 5 nitrogen and oxygen atoms in total. The molecule has 0 saturated heterocycles. The van der Waals surface area contributed by atoms with Crippen LogP contribution in [0.15, 0.2) is 64.6 Å². The molecule has 0 aliphatic heterocycles. The Hall–Kier alpha value is -3.21. The number of pyridine rings is 1. The van der Waals surface area contributed by atoms with Crippen molar-refractivity contribution in [2.75, 3.05) is 0 Å². The molecule has 23 heavy (non-hydrogen) atoms. The highest BCUT2D eigenvalue weighted by atomic mass is 16.2.